The molecule has 0 aliphatic heterocycles. The highest BCUT2D eigenvalue weighted by Gasteiger charge is 2.25. The van der Waals surface area contributed by atoms with Gasteiger partial charge in [-0.15, -0.1) is 0 Å². The Morgan fingerprint density at radius 3 is 2.10 bits per heavy atom. The maximum atomic E-state index is 12.6. The van der Waals surface area contributed by atoms with E-state index in [0.717, 1.165) is 0 Å². The molecule has 1 amide bonds. The highest BCUT2D eigenvalue weighted by Crippen LogP contribution is 2.17. The molecule has 2 rings (SSSR count). The number of likely N-dealkylation sites (N-methyl/N-ethyl adjacent to an activating group) is 1. The van der Waals surface area contributed by atoms with E-state index in [-0.39, 0.29) is 17.0 Å². The lowest BCUT2D eigenvalue weighted by Gasteiger charge is -2.18. The zero-order chi connectivity index (χ0) is 21.7. The standard InChI is InChI=1S/C17H21N3O7S2/c1-18-17(21)16(11-12-3-5-13(6-4-12)19-29(24,25)26)20-28(22,23)15-9-7-14(27-2)8-10-15/h3-10,16,19-20H,11H2,1-2H3,(H,18,21)(H,24,25,26). The second-order valence-corrected chi connectivity index (χ2v) is 8.81. The van der Waals surface area contributed by atoms with Crippen LogP contribution in [0.3, 0.4) is 0 Å². The van der Waals surface area contributed by atoms with Gasteiger partial charge in [0.2, 0.25) is 15.9 Å². The summed E-state index contributed by atoms with van der Waals surface area (Å²) in [5.74, 6) is -0.0485. The lowest BCUT2D eigenvalue weighted by atomic mass is 10.1. The number of anilines is 1. The molecule has 158 valence electrons. The summed E-state index contributed by atoms with van der Waals surface area (Å²) in [5.41, 5.74) is 0.684. The fraction of sp³-hybridized carbons (Fsp3) is 0.235. The third-order valence-electron chi connectivity index (χ3n) is 3.87. The molecular formula is C17H21N3O7S2. The van der Waals surface area contributed by atoms with E-state index < -0.39 is 32.3 Å². The largest absolute Gasteiger partial charge is 0.497 e. The first-order valence-electron chi connectivity index (χ1n) is 8.26. The van der Waals surface area contributed by atoms with E-state index in [1.54, 1.807) is 0 Å². The molecule has 0 aliphatic rings. The van der Waals surface area contributed by atoms with Crippen molar-refractivity contribution in [3.8, 4) is 5.75 Å². The fourth-order valence-electron chi connectivity index (χ4n) is 2.47. The summed E-state index contributed by atoms with van der Waals surface area (Å²) in [7, 11) is -5.54. The van der Waals surface area contributed by atoms with E-state index in [1.807, 2.05) is 4.72 Å². The average molecular weight is 444 g/mol. The fourth-order valence-corrected chi connectivity index (χ4v) is 4.10. The van der Waals surface area contributed by atoms with Crippen LogP contribution in [0.4, 0.5) is 5.69 Å². The predicted octanol–water partition coefficient (Wildman–Crippen LogP) is 0.546. The molecule has 0 fully saturated rings. The van der Waals surface area contributed by atoms with E-state index in [2.05, 4.69) is 10.0 Å². The van der Waals surface area contributed by atoms with Gasteiger partial charge in [-0.2, -0.15) is 13.1 Å². The zero-order valence-corrected chi connectivity index (χ0v) is 17.2. The lowest BCUT2D eigenvalue weighted by Crippen LogP contribution is -2.46. The molecule has 0 radical (unpaired) electrons. The summed E-state index contributed by atoms with van der Waals surface area (Å²) in [4.78, 5) is 12.2. The molecule has 12 heteroatoms. The first-order chi connectivity index (χ1) is 13.5. The van der Waals surface area contributed by atoms with Gasteiger partial charge in [0.25, 0.3) is 0 Å². The number of ether oxygens (including phenoxy) is 1. The molecular weight excluding hydrogens is 422 g/mol. The molecule has 0 aliphatic carbocycles. The van der Waals surface area contributed by atoms with Crippen LogP contribution in [0.5, 0.6) is 5.75 Å². The summed E-state index contributed by atoms with van der Waals surface area (Å²) < 4.78 is 65.0. The van der Waals surface area contributed by atoms with Gasteiger partial charge in [0.15, 0.2) is 0 Å². The van der Waals surface area contributed by atoms with Crippen LogP contribution in [-0.2, 0) is 31.5 Å². The van der Waals surface area contributed by atoms with E-state index in [4.69, 9.17) is 9.29 Å². The molecule has 1 unspecified atom stereocenters. The van der Waals surface area contributed by atoms with Gasteiger partial charge in [0.05, 0.1) is 17.7 Å². The van der Waals surface area contributed by atoms with Gasteiger partial charge in [-0.25, -0.2) is 8.42 Å². The van der Waals surface area contributed by atoms with Crippen molar-refractivity contribution in [3.63, 3.8) is 0 Å². The molecule has 0 spiro atoms. The normalized spacial score (nSPS) is 12.8. The van der Waals surface area contributed by atoms with Crippen LogP contribution in [-0.4, -0.2) is 47.5 Å². The van der Waals surface area contributed by atoms with Crippen molar-refractivity contribution in [3.05, 3.63) is 54.1 Å². The topological polar surface area (TPSA) is 151 Å². The molecule has 0 aromatic heterocycles. The summed E-state index contributed by atoms with van der Waals surface area (Å²) in [6.45, 7) is 0. The smallest absolute Gasteiger partial charge is 0.357 e. The Bertz CT molecular complexity index is 1050. The van der Waals surface area contributed by atoms with E-state index >= 15 is 0 Å². The van der Waals surface area contributed by atoms with Crippen LogP contribution in [0.2, 0.25) is 0 Å². The van der Waals surface area contributed by atoms with Gasteiger partial charge >= 0.3 is 10.3 Å². The summed E-state index contributed by atoms with van der Waals surface area (Å²) in [5, 5.41) is 2.41. The molecule has 2 aromatic carbocycles. The van der Waals surface area contributed by atoms with Crippen molar-refractivity contribution < 1.29 is 30.9 Å². The number of hydrogen-bond acceptors (Lipinski definition) is 6. The van der Waals surface area contributed by atoms with Crippen LogP contribution in [0.25, 0.3) is 0 Å². The van der Waals surface area contributed by atoms with Gasteiger partial charge in [-0.3, -0.25) is 14.1 Å². The van der Waals surface area contributed by atoms with Crippen LogP contribution >= 0.6 is 0 Å². The Labute approximate surface area is 169 Å². The molecule has 10 nitrogen and oxygen atoms in total. The minimum atomic E-state index is -4.40. The average Bonchev–Trinajstić information content (AvgIpc) is 2.67. The number of rotatable bonds is 9. The summed E-state index contributed by atoms with van der Waals surface area (Å²) in [6, 6.07) is 10.4. The predicted molar refractivity (Wildman–Crippen MR) is 106 cm³/mol. The van der Waals surface area contributed by atoms with Crippen LogP contribution in [0, 0.1) is 0 Å². The van der Waals surface area contributed by atoms with Crippen LogP contribution in [0.1, 0.15) is 5.56 Å². The second kappa shape index (κ2) is 9.22. The summed E-state index contributed by atoms with van der Waals surface area (Å²) in [6.07, 6.45) is 0.0151. The number of benzene rings is 2. The number of amides is 1. The monoisotopic (exact) mass is 443 g/mol. The molecule has 0 saturated heterocycles. The number of hydrogen-bond donors (Lipinski definition) is 4. The van der Waals surface area contributed by atoms with Crippen LogP contribution in [0.15, 0.2) is 53.4 Å². The maximum absolute atomic E-state index is 12.6. The van der Waals surface area contributed by atoms with Crippen molar-refractivity contribution in [2.24, 2.45) is 0 Å². The molecule has 29 heavy (non-hydrogen) atoms. The van der Waals surface area contributed by atoms with Crippen molar-refractivity contribution in [1.29, 1.82) is 0 Å². The highest BCUT2D eigenvalue weighted by atomic mass is 32.2. The van der Waals surface area contributed by atoms with Gasteiger partial charge in [0.1, 0.15) is 11.8 Å². The van der Waals surface area contributed by atoms with Gasteiger partial charge in [-0.1, -0.05) is 12.1 Å². The third kappa shape index (κ3) is 6.71. The lowest BCUT2D eigenvalue weighted by molar-refractivity contribution is -0.122. The Balaban J connectivity index is 2.19. The van der Waals surface area contributed by atoms with Crippen molar-refractivity contribution in [2.45, 2.75) is 17.4 Å². The van der Waals surface area contributed by atoms with E-state index in [9.17, 15) is 21.6 Å². The second-order valence-electron chi connectivity index (χ2n) is 5.94. The minimum absolute atomic E-state index is 0.0151. The number of carbonyl (C=O) groups excluding carboxylic acids is 1. The molecule has 0 heterocycles. The Hall–Kier alpha value is -2.67. The minimum Gasteiger partial charge on any atom is -0.497 e. The number of carbonyl (C=O) groups is 1. The van der Waals surface area contributed by atoms with Crippen molar-refractivity contribution in [1.82, 2.24) is 10.0 Å². The van der Waals surface area contributed by atoms with Gasteiger partial charge in [0, 0.05) is 7.05 Å². The molecule has 0 bridgehead atoms. The summed E-state index contributed by atoms with van der Waals surface area (Å²) >= 11 is 0. The van der Waals surface area contributed by atoms with Gasteiger partial charge < -0.3 is 10.1 Å². The quantitative estimate of drug-likeness (QED) is 0.413. The molecule has 0 saturated carbocycles. The number of sulfonamides is 1. The SMILES string of the molecule is CNC(=O)C(Cc1ccc(NS(=O)(=O)O)cc1)NS(=O)(=O)c1ccc(OC)cc1. The van der Waals surface area contributed by atoms with E-state index in [0.29, 0.717) is 11.3 Å². The number of methoxy groups -OCH3 is 1. The molecule has 4 N–H and O–H groups in total. The first kappa shape index (κ1) is 22.6. The maximum Gasteiger partial charge on any atom is 0.357 e. The van der Waals surface area contributed by atoms with Crippen molar-refractivity contribution in [2.75, 3.05) is 18.9 Å². The van der Waals surface area contributed by atoms with Crippen LogP contribution < -0.4 is 19.5 Å². The number of nitrogens with one attached hydrogen (secondary N) is 3. The van der Waals surface area contributed by atoms with E-state index in [1.165, 1.54) is 62.7 Å². The van der Waals surface area contributed by atoms with Crippen molar-refractivity contribution >= 4 is 31.9 Å². The Morgan fingerprint density at radius 1 is 1.03 bits per heavy atom. The Morgan fingerprint density at radius 2 is 1.62 bits per heavy atom. The molecule has 2 aromatic rings. The third-order valence-corrected chi connectivity index (χ3v) is 5.85. The zero-order valence-electron chi connectivity index (χ0n) is 15.6. The van der Waals surface area contributed by atoms with Gasteiger partial charge in [-0.05, 0) is 48.4 Å². The molecule has 1 atom stereocenters. The first-order valence-corrected chi connectivity index (χ1v) is 11.2. The Kier molecular flexibility index (Phi) is 7.19. The highest BCUT2D eigenvalue weighted by molar-refractivity contribution is 7.89.